The number of amides is 1. The first-order valence-corrected chi connectivity index (χ1v) is 6.50. The molecule has 4 nitrogen and oxygen atoms in total. The fourth-order valence-electron chi connectivity index (χ4n) is 2.92. The number of hydrogen-bond donors (Lipinski definition) is 1. The molecule has 2 heterocycles. The Morgan fingerprint density at radius 2 is 2.06 bits per heavy atom. The Morgan fingerprint density at radius 3 is 2.81 bits per heavy atom. The molecule has 0 aromatic heterocycles. The van der Waals surface area contributed by atoms with Crippen LogP contribution in [0.5, 0.6) is 0 Å². The van der Waals surface area contributed by atoms with Crippen LogP contribution in [0.1, 0.15) is 32.6 Å². The highest BCUT2D eigenvalue weighted by Crippen LogP contribution is 2.19. The quantitative estimate of drug-likeness (QED) is 0.757. The van der Waals surface area contributed by atoms with E-state index in [4.69, 9.17) is 5.73 Å². The Kier molecular flexibility index (Phi) is 3.82. The highest BCUT2D eigenvalue weighted by atomic mass is 16.2. The molecule has 2 fully saturated rings. The van der Waals surface area contributed by atoms with Gasteiger partial charge in [-0.05, 0) is 38.8 Å². The summed E-state index contributed by atoms with van der Waals surface area (Å²) in [4.78, 5) is 16.3. The van der Waals surface area contributed by atoms with Crippen LogP contribution in [0, 0.1) is 0 Å². The van der Waals surface area contributed by atoms with Crippen LogP contribution in [0.15, 0.2) is 0 Å². The van der Waals surface area contributed by atoms with Crippen molar-refractivity contribution in [3.8, 4) is 0 Å². The summed E-state index contributed by atoms with van der Waals surface area (Å²) >= 11 is 0. The summed E-state index contributed by atoms with van der Waals surface area (Å²) in [6, 6.07) is 0.324. The minimum absolute atomic E-state index is 0.161. The lowest BCUT2D eigenvalue weighted by Gasteiger charge is -2.34. The van der Waals surface area contributed by atoms with Gasteiger partial charge in [-0.1, -0.05) is 6.92 Å². The van der Waals surface area contributed by atoms with Gasteiger partial charge >= 0.3 is 0 Å². The van der Waals surface area contributed by atoms with Gasteiger partial charge in [-0.3, -0.25) is 9.69 Å². The van der Waals surface area contributed by atoms with E-state index in [-0.39, 0.29) is 11.9 Å². The van der Waals surface area contributed by atoms with E-state index in [1.165, 1.54) is 19.4 Å². The second-order valence-electron chi connectivity index (χ2n) is 4.96. The summed E-state index contributed by atoms with van der Waals surface area (Å²) in [5.74, 6) is 0.161. The van der Waals surface area contributed by atoms with Crippen LogP contribution in [0.3, 0.4) is 0 Å². The Bertz CT molecular complexity index is 257. The van der Waals surface area contributed by atoms with Crippen molar-refractivity contribution in [1.82, 2.24) is 9.80 Å². The first-order chi connectivity index (χ1) is 7.72. The van der Waals surface area contributed by atoms with E-state index in [0.717, 1.165) is 32.5 Å². The Balaban J connectivity index is 1.90. The molecule has 2 rings (SSSR count). The van der Waals surface area contributed by atoms with Gasteiger partial charge in [-0.25, -0.2) is 0 Å². The maximum atomic E-state index is 11.9. The fraction of sp³-hybridized carbons (Fsp3) is 0.917. The molecule has 0 spiro atoms. The van der Waals surface area contributed by atoms with Gasteiger partial charge in [0.15, 0.2) is 0 Å². The largest absolute Gasteiger partial charge is 0.340 e. The zero-order chi connectivity index (χ0) is 11.5. The van der Waals surface area contributed by atoms with Gasteiger partial charge in [0, 0.05) is 19.1 Å². The van der Waals surface area contributed by atoms with Crippen molar-refractivity contribution in [1.29, 1.82) is 0 Å². The third-order valence-corrected chi connectivity index (χ3v) is 3.91. The van der Waals surface area contributed by atoms with Crippen molar-refractivity contribution >= 4 is 5.91 Å². The summed E-state index contributed by atoms with van der Waals surface area (Å²) in [6.07, 6.45) is 4.42. The molecule has 2 atom stereocenters. The van der Waals surface area contributed by atoms with Crippen LogP contribution in [0.2, 0.25) is 0 Å². The summed E-state index contributed by atoms with van der Waals surface area (Å²) in [7, 11) is 0. The predicted molar refractivity (Wildman–Crippen MR) is 64.1 cm³/mol. The van der Waals surface area contributed by atoms with Crippen molar-refractivity contribution < 1.29 is 4.79 Å². The first-order valence-electron chi connectivity index (χ1n) is 6.50. The number of rotatable bonds is 3. The van der Waals surface area contributed by atoms with Gasteiger partial charge in [0.25, 0.3) is 0 Å². The number of likely N-dealkylation sites (tertiary alicyclic amines) is 2. The van der Waals surface area contributed by atoms with E-state index in [9.17, 15) is 4.79 Å². The summed E-state index contributed by atoms with van der Waals surface area (Å²) in [5, 5.41) is 0. The average molecular weight is 225 g/mol. The zero-order valence-corrected chi connectivity index (χ0v) is 10.2. The third-order valence-electron chi connectivity index (χ3n) is 3.91. The Hall–Kier alpha value is -0.610. The summed E-state index contributed by atoms with van der Waals surface area (Å²) in [6.45, 7) is 6.27. The van der Waals surface area contributed by atoms with Crippen molar-refractivity contribution in [2.24, 2.45) is 5.73 Å². The molecule has 2 aliphatic rings. The molecule has 1 amide bonds. The second-order valence-corrected chi connectivity index (χ2v) is 4.96. The van der Waals surface area contributed by atoms with Crippen LogP contribution in [-0.4, -0.2) is 54.0 Å². The monoisotopic (exact) mass is 225 g/mol. The molecule has 92 valence electrons. The lowest BCUT2D eigenvalue weighted by atomic mass is 10.0. The van der Waals surface area contributed by atoms with Crippen molar-refractivity contribution in [2.45, 2.75) is 44.7 Å². The highest BCUT2D eigenvalue weighted by Gasteiger charge is 2.30. The molecule has 0 saturated carbocycles. The minimum Gasteiger partial charge on any atom is -0.340 e. The molecule has 2 saturated heterocycles. The lowest BCUT2D eigenvalue weighted by molar-refractivity contribution is -0.135. The highest BCUT2D eigenvalue weighted by molar-refractivity contribution is 5.82. The fourth-order valence-corrected chi connectivity index (χ4v) is 2.92. The predicted octanol–water partition coefficient (Wildman–Crippen LogP) is 0.420. The van der Waals surface area contributed by atoms with Crippen molar-refractivity contribution in [3.05, 3.63) is 0 Å². The molecule has 2 unspecified atom stereocenters. The SMILES string of the molecule is CCN1CCCC1CN1CCCC(N)C1=O. The molecule has 0 bridgehead atoms. The average Bonchev–Trinajstić information content (AvgIpc) is 2.72. The van der Waals surface area contributed by atoms with Crippen LogP contribution >= 0.6 is 0 Å². The molecule has 0 radical (unpaired) electrons. The van der Waals surface area contributed by atoms with E-state index >= 15 is 0 Å². The minimum atomic E-state index is -0.245. The molecule has 2 aliphatic heterocycles. The number of piperidine rings is 1. The Labute approximate surface area is 97.8 Å². The maximum absolute atomic E-state index is 11.9. The molecule has 4 heteroatoms. The molecule has 16 heavy (non-hydrogen) atoms. The van der Waals surface area contributed by atoms with E-state index in [1.54, 1.807) is 0 Å². The summed E-state index contributed by atoms with van der Waals surface area (Å²) < 4.78 is 0. The zero-order valence-electron chi connectivity index (χ0n) is 10.2. The van der Waals surface area contributed by atoms with Crippen LogP contribution < -0.4 is 5.73 Å². The van der Waals surface area contributed by atoms with E-state index < -0.39 is 0 Å². The molecule has 2 N–H and O–H groups in total. The van der Waals surface area contributed by atoms with Gasteiger partial charge in [0.1, 0.15) is 0 Å². The summed E-state index contributed by atoms with van der Waals surface area (Å²) in [5.41, 5.74) is 5.81. The Morgan fingerprint density at radius 1 is 1.31 bits per heavy atom. The van der Waals surface area contributed by atoms with E-state index in [1.807, 2.05) is 4.90 Å². The smallest absolute Gasteiger partial charge is 0.239 e. The van der Waals surface area contributed by atoms with Crippen LogP contribution in [-0.2, 0) is 4.79 Å². The number of nitrogens with two attached hydrogens (primary N) is 1. The van der Waals surface area contributed by atoms with Gasteiger partial charge in [0.05, 0.1) is 6.04 Å². The maximum Gasteiger partial charge on any atom is 0.239 e. The normalized spacial score (nSPS) is 32.4. The first kappa shape index (κ1) is 11.9. The van der Waals surface area contributed by atoms with Crippen LogP contribution in [0.4, 0.5) is 0 Å². The molecular formula is C12H23N3O. The number of likely N-dealkylation sites (N-methyl/N-ethyl adjacent to an activating group) is 1. The second kappa shape index (κ2) is 5.15. The van der Waals surface area contributed by atoms with E-state index in [0.29, 0.717) is 6.04 Å². The molecular weight excluding hydrogens is 202 g/mol. The van der Waals surface area contributed by atoms with Gasteiger partial charge < -0.3 is 10.6 Å². The molecule has 0 aliphatic carbocycles. The van der Waals surface area contributed by atoms with E-state index in [2.05, 4.69) is 11.8 Å². The van der Waals surface area contributed by atoms with Crippen molar-refractivity contribution in [2.75, 3.05) is 26.2 Å². The number of nitrogens with zero attached hydrogens (tertiary/aromatic N) is 2. The van der Waals surface area contributed by atoms with Gasteiger partial charge in [-0.2, -0.15) is 0 Å². The van der Waals surface area contributed by atoms with Crippen LogP contribution in [0.25, 0.3) is 0 Å². The molecule has 0 aromatic carbocycles. The third kappa shape index (κ3) is 2.38. The molecule has 0 aromatic rings. The topological polar surface area (TPSA) is 49.6 Å². The standard InChI is InChI=1S/C12H23N3O/c1-2-14-7-3-5-10(14)9-15-8-4-6-11(13)12(15)16/h10-11H,2-9,13H2,1H3. The van der Waals surface area contributed by atoms with Gasteiger partial charge in [-0.15, -0.1) is 0 Å². The van der Waals surface area contributed by atoms with Gasteiger partial charge in [0.2, 0.25) is 5.91 Å². The van der Waals surface area contributed by atoms with Crippen molar-refractivity contribution in [3.63, 3.8) is 0 Å². The number of carbonyl (C=O) groups is 1. The number of hydrogen-bond acceptors (Lipinski definition) is 3. The number of carbonyl (C=O) groups excluding carboxylic acids is 1. The lowest BCUT2D eigenvalue weighted by Crippen LogP contribution is -2.52.